The van der Waals surface area contributed by atoms with E-state index in [4.69, 9.17) is 2.74 Å². The first-order valence-corrected chi connectivity index (χ1v) is 18.3. The fraction of sp³-hybridized carbons (Fsp3) is 0. The van der Waals surface area contributed by atoms with Crippen LogP contribution in [0.2, 0.25) is 0 Å². The highest BCUT2D eigenvalue weighted by molar-refractivity contribution is 6.13. The number of anilines is 3. The van der Waals surface area contributed by atoms with Crippen LogP contribution in [-0.4, -0.2) is 0 Å². The van der Waals surface area contributed by atoms with Gasteiger partial charge in [-0.05, 0) is 125 Å². The van der Waals surface area contributed by atoms with Gasteiger partial charge in [-0.3, -0.25) is 0 Å². The third-order valence-corrected chi connectivity index (χ3v) is 10.2. The van der Waals surface area contributed by atoms with Crippen molar-refractivity contribution >= 4 is 49.4 Å². The standard InChI is InChI=1S/C54H37N/c1-2-13-38(14-3-1)42-18-10-19-43(35-42)39-27-31-46(32-28-39)55(48-21-11-20-44(36-48)50-26-12-17-40-15-4-6-22-49(40)50)47-33-29-41(30-34-47)54-37-45-16-5-7-23-51(45)52-24-8-9-25-53(52)54/h1-37H/i11D,20D,21D,29D,30D,33D,34D,36D. The van der Waals surface area contributed by atoms with Crippen molar-refractivity contribution in [2.24, 2.45) is 0 Å². The number of fused-ring (bicyclic) bond motifs is 4. The molecule has 1 nitrogen and oxygen atoms in total. The highest BCUT2D eigenvalue weighted by atomic mass is 15.1. The topological polar surface area (TPSA) is 3.24 Å². The van der Waals surface area contributed by atoms with Gasteiger partial charge in [-0.25, -0.2) is 0 Å². The maximum Gasteiger partial charge on any atom is 0.0651 e. The normalized spacial score (nSPS) is 13.3. The molecule has 55 heavy (non-hydrogen) atoms. The summed E-state index contributed by atoms with van der Waals surface area (Å²) in [4.78, 5) is 1.41. The van der Waals surface area contributed by atoms with Crippen molar-refractivity contribution in [2.45, 2.75) is 0 Å². The van der Waals surface area contributed by atoms with E-state index < -0.39 is 12.1 Å². The van der Waals surface area contributed by atoms with Crippen molar-refractivity contribution < 1.29 is 11.0 Å². The van der Waals surface area contributed by atoms with Crippen molar-refractivity contribution in [3.8, 4) is 44.5 Å². The number of hydrogen-bond donors (Lipinski definition) is 0. The maximum absolute atomic E-state index is 9.86. The molecule has 0 aromatic heterocycles. The Hall–Kier alpha value is -7.22. The Morgan fingerprint density at radius 3 is 1.69 bits per heavy atom. The summed E-state index contributed by atoms with van der Waals surface area (Å²) in [5.41, 5.74) is 5.29. The third kappa shape index (κ3) is 6.12. The van der Waals surface area contributed by atoms with E-state index >= 15 is 0 Å². The molecule has 0 amide bonds. The van der Waals surface area contributed by atoms with E-state index in [9.17, 15) is 8.22 Å². The molecule has 0 bridgehead atoms. The van der Waals surface area contributed by atoms with Gasteiger partial charge in [-0.15, -0.1) is 0 Å². The number of nitrogens with zero attached hydrogens (tertiary/aromatic N) is 1. The Morgan fingerprint density at radius 2 is 0.909 bits per heavy atom. The predicted octanol–water partition coefficient (Wildman–Crippen LogP) is 15.3. The molecular formula is C54H37N. The lowest BCUT2D eigenvalue weighted by atomic mass is 9.93. The smallest absolute Gasteiger partial charge is 0.0651 e. The fourth-order valence-corrected chi connectivity index (χ4v) is 7.52. The second-order valence-electron chi connectivity index (χ2n) is 13.5. The van der Waals surface area contributed by atoms with E-state index in [1.807, 2.05) is 133 Å². The minimum atomic E-state index is -0.449. The molecule has 0 N–H and O–H groups in total. The average Bonchev–Trinajstić information content (AvgIpc) is 3.33. The molecule has 0 spiro atoms. The lowest BCUT2D eigenvalue weighted by Crippen LogP contribution is -2.10. The Morgan fingerprint density at radius 1 is 0.309 bits per heavy atom. The van der Waals surface area contributed by atoms with Crippen LogP contribution in [0, 0.1) is 0 Å². The van der Waals surface area contributed by atoms with Crippen LogP contribution in [0.15, 0.2) is 224 Å². The zero-order chi connectivity index (χ0) is 43.5. The monoisotopic (exact) mass is 707 g/mol. The zero-order valence-electron chi connectivity index (χ0n) is 37.7. The molecule has 1 heteroatoms. The van der Waals surface area contributed by atoms with E-state index in [-0.39, 0.29) is 58.8 Å². The SMILES string of the molecule is [2H]c1c([2H])c(-c2cccc3ccccc23)c([2H])c(N(c2ccc(-c3cccc(-c4ccccc4)c3)cc2)c2c([2H])c([2H])c(-c3cc4ccccc4c4ccccc34)c([2H])c2[2H])c1[2H]. The van der Waals surface area contributed by atoms with Crippen LogP contribution >= 0.6 is 0 Å². The van der Waals surface area contributed by atoms with E-state index in [0.29, 0.717) is 16.8 Å². The van der Waals surface area contributed by atoms with Crippen LogP contribution in [0.1, 0.15) is 11.0 Å². The van der Waals surface area contributed by atoms with Crippen LogP contribution in [0.4, 0.5) is 17.1 Å². The minimum Gasteiger partial charge on any atom is -0.310 e. The van der Waals surface area contributed by atoms with Gasteiger partial charge in [-0.2, -0.15) is 0 Å². The Kier molecular flexibility index (Phi) is 6.33. The van der Waals surface area contributed by atoms with Gasteiger partial charge in [0.1, 0.15) is 0 Å². The first-order valence-electron chi connectivity index (χ1n) is 22.3. The maximum atomic E-state index is 9.86. The Labute approximate surface area is 333 Å². The van der Waals surface area contributed by atoms with Gasteiger partial charge in [0, 0.05) is 17.1 Å². The number of hydrogen-bond acceptors (Lipinski definition) is 1. The van der Waals surface area contributed by atoms with Crippen molar-refractivity contribution in [2.75, 3.05) is 4.90 Å². The van der Waals surface area contributed by atoms with Gasteiger partial charge in [0.05, 0.1) is 11.0 Å². The van der Waals surface area contributed by atoms with Crippen LogP contribution in [0.25, 0.3) is 76.8 Å². The summed E-state index contributed by atoms with van der Waals surface area (Å²) in [5, 5.41) is 5.22. The highest BCUT2D eigenvalue weighted by Gasteiger charge is 2.16. The van der Waals surface area contributed by atoms with Crippen molar-refractivity contribution in [1.82, 2.24) is 0 Å². The van der Waals surface area contributed by atoms with E-state index in [0.717, 1.165) is 54.6 Å². The summed E-state index contributed by atoms with van der Waals surface area (Å²) in [6.07, 6.45) is 0. The molecule has 10 aromatic rings. The van der Waals surface area contributed by atoms with Crippen LogP contribution in [0.3, 0.4) is 0 Å². The third-order valence-electron chi connectivity index (χ3n) is 10.2. The minimum absolute atomic E-state index is 0.122. The molecule has 0 aliphatic rings. The highest BCUT2D eigenvalue weighted by Crippen LogP contribution is 2.41. The molecule has 0 saturated heterocycles. The van der Waals surface area contributed by atoms with Crippen LogP contribution < -0.4 is 4.90 Å². The molecule has 0 aliphatic heterocycles. The van der Waals surface area contributed by atoms with Gasteiger partial charge in [0.25, 0.3) is 0 Å². The van der Waals surface area contributed by atoms with Gasteiger partial charge in [-0.1, -0.05) is 176 Å². The van der Waals surface area contributed by atoms with Gasteiger partial charge in [0.2, 0.25) is 0 Å². The zero-order valence-corrected chi connectivity index (χ0v) is 29.7. The predicted molar refractivity (Wildman–Crippen MR) is 235 cm³/mol. The summed E-state index contributed by atoms with van der Waals surface area (Å²) >= 11 is 0. The quantitative estimate of drug-likeness (QED) is 0.149. The first kappa shape index (κ1) is 24.9. The summed E-state index contributed by atoms with van der Waals surface area (Å²) in [6.45, 7) is 0. The Bertz CT molecular complexity index is 3410. The summed E-state index contributed by atoms with van der Waals surface area (Å²) in [7, 11) is 0. The second-order valence-corrected chi connectivity index (χ2v) is 13.5. The molecule has 0 aliphatic carbocycles. The second kappa shape index (κ2) is 14.0. The molecule has 0 atom stereocenters. The molecule has 258 valence electrons. The largest absolute Gasteiger partial charge is 0.310 e. The molecule has 0 heterocycles. The molecule has 10 rings (SSSR count). The molecule has 0 saturated carbocycles. The molecule has 0 radical (unpaired) electrons. The lowest BCUT2D eigenvalue weighted by Gasteiger charge is -2.26. The van der Waals surface area contributed by atoms with Crippen LogP contribution in [-0.2, 0) is 0 Å². The van der Waals surface area contributed by atoms with E-state index in [2.05, 4.69) is 24.3 Å². The van der Waals surface area contributed by atoms with Crippen molar-refractivity contribution in [1.29, 1.82) is 0 Å². The fourth-order valence-electron chi connectivity index (χ4n) is 7.52. The van der Waals surface area contributed by atoms with Crippen LogP contribution in [0.5, 0.6) is 0 Å². The molecular weight excluding hydrogens is 663 g/mol. The number of rotatable bonds is 7. The van der Waals surface area contributed by atoms with Crippen molar-refractivity contribution in [3.05, 3.63) is 224 Å². The summed E-state index contributed by atoms with van der Waals surface area (Å²) in [5.74, 6) is 0. The van der Waals surface area contributed by atoms with E-state index in [1.54, 1.807) is 18.2 Å². The average molecular weight is 708 g/mol. The van der Waals surface area contributed by atoms with Gasteiger partial charge in [0.15, 0.2) is 0 Å². The molecule has 10 aromatic carbocycles. The number of benzene rings is 10. The Balaban J connectivity index is 1.22. The van der Waals surface area contributed by atoms with Gasteiger partial charge >= 0.3 is 0 Å². The molecule has 0 unspecified atom stereocenters. The van der Waals surface area contributed by atoms with Crippen molar-refractivity contribution in [3.63, 3.8) is 0 Å². The van der Waals surface area contributed by atoms with E-state index in [1.165, 1.54) is 4.90 Å². The summed E-state index contributed by atoms with van der Waals surface area (Å²) in [6, 6.07) is 53.5. The molecule has 0 fully saturated rings. The first-order chi connectivity index (χ1) is 30.6. The lowest BCUT2D eigenvalue weighted by molar-refractivity contribution is 1.28. The summed E-state index contributed by atoms with van der Waals surface area (Å²) < 4.78 is 76.3. The van der Waals surface area contributed by atoms with Gasteiger partial charge < -0.3 is 4.90 Å².